The van der Waals surface area contributed by atoms with Crippen LogP contribution in [0.25, 0.3) is 5.57 Å². The van der Waals surface area contributed by atoms with E-state index in [1.807, 2.05) is 0 Å². The summed E-state index contributed by atoms with van der Waals surface area (Å²) in [7, 11) is 0. The van der Waals surface area contributed by atoms with E-state index in [1.54, 1.807) is 11.6 Å². The summed E-state index contributed by atoms with van der Waals surface area (Å²) in [5.41, 5.74) is 6.67. The predicted molar refractivity (Wildman–Crippen MR) is 72.0 cm³/mol. The molecule has 1 aromatic carbocycles. The molecule has 0 aliphatic heterocycles. The Bertz CT molecular complexity index is 607. The van der Waals surface area contributed by atoms with Crippen LogP contribution in [-0.2, 0) is 5.41 Å². The highest BCUT2D eigenvalue weighted by Crippen LogP contribution is 2.76. The fourth-order valence-corrected chi connectivity index (χ4v) is 4.38. The van der Waals surface area contributed by atoms with Crippen LogP contribution in [0.15, 0.2) is 24.3 Å². The molecule has 3 aliphatic carbocycles. The van der Waals surface area contributed by atoms with Crippen molar-refractivity contribution in [1.29, 1.82) is 5.26 Å². The van der Waals surface area contributed by atoms with Gasteiger partial charge in [-0.3, -0.25) is 0 Å². The van der Waals surface area contributed by atoms with E-state index < -0.39 is 0 Å². The van der Waals surface area contributed by atoms with Gasteiger partial charge in [-0.1, -0.05) is 18.2 Å². The molecular weight excluding hydrogens is 218 g/mol. The Hall–Kier alpha value is -1.55. The summed E-state index contributed by atoms with van der Waals surface area (Å²) >= 11 is 0. The van der Waals surface area contributed by atoms with Crippen molar-refractivity contribution in [3.05, 3.63) is 41.0 Å². The summed E-state index contributed by atoms with van der Waals surface area (Å²) in [6, 6.07) is 8.85. The lowest BCUT2D eigenvalue weighted by molar-refractivity contribution is 0.373. The van der Waals surface area contributed by atoms with Crippen LogP contribution < -0.4 is 0 Å². The minimum absolute atomic E-state index is 0.487. The fourth-order valence-electron chi connectivity index (χ4n) is 4.38. The molecule has 0 heterocycles. The van der Waals surface area contributed by atoms with Crippen molar-refractivity contribution in [3.63, 3.8) is 0 Å². The molecule has 1 heteroatoms. The van der Waals surface area contributed by atoms with Gasteiger partial charge in [0.1, 0.15) is 0 Å². The highest BCUT2D eigenvalue weighted by atomic mass is 14.7. The predicted octanol–water partition coefficient (Wildman–Crippen LogP) is 4.12. The van der Waals surface area contributed by atoms with Crippen LogP contribution >= 0.6 is 0 Å². The van der Waals surface area contributed by atoms with Gasteiger partial charge < -0.3 is 0 Å². The van der Waals surface area contributed by atoms with Crippen LogP contribution in [0.3, 0.4) is 0 Å². The van der Waals surface area contributed by atoms with E-state index in [-0.39, 0.29) is 0 Å². The van der Waals surface area contributed by atoms with Gasteiger partial charge in [0.15, 0.2) is 0 Å². The fraction of sp³-hybridized carbons (Fsp3) is 0.471. The maximum absolute atomic E-state index is 9.02. The smallest absolute Gasteiger partial charge is 0.0915 e. The van der Waals surface area contributed by atoms with Gasteiger partial charge >= 0.3 is 0 Å². The number of rotatable bonds is 0. The average Bonchev–Trinajstić information content (AvgIpc) is 3.21. The van der Waals surface area contributed by atoms with E-state index in [1.165, 1.54) is 42.4 Å². The first kappa shape index (κ1) is 10.4. The molecule has 90 valence electrons. The molecule has 1 aromatic rings. The summed E-state index contributed by atoms with van der Waals surface area (Å²) in [6.45, 7) is 2.24. The number of aryl methyl sites for hydroxylation is 1. The molecule has 2 fully saturated rings. The zero-order valence-electron chi connectivity index (χ0n) is 10.8. The number of benzene rings is 1. The first-order valence-electron chi connectivity index (χ1n) is 6.92. The molecule has 18 heavy (non-hydrogen) atoms. The van der Waals surface area contributed by atoms with E-state index in [2.05, 4.69) is 31.2 Å². The SMILES string of the molecule is Cc1cccc2c1C1(CC1)C1(CC1)C/C2=C\C#N. The molecular formula is C17H17N. The second-order valence-corrected chi connectivity index (χ2v) is 6.34. The molecule has 0 bridgehead atoms. The summed E-state index contributed by atoms with van der Waals surface area (Å²) in [6.07, 6.45) is 8.38. The summed E-state index contributed by atoms with van der Waals surface area (Å²) in [5, 5.41) is 9.02. The van der Waals surface area contributed by atoms with E-state index in [4.69, 9.17) is 5.26 Å². The minimum Gasteiger partial charge on any atom is -0.193 e. The second kappa shape index (κ2) is 3.06. The molecule has 0 atom stereocenters. The molecule has 2 spiro atoms. The second-order valence-electron chi connectivity index (χ2n) is 6.34. The van der Waals surface area contributed by atoms with Gasteiger partial charge in [-0.05, 0) is 66.7 Å². The molecule has 2 saturated carbocycles. The summed E-state index contributed by atoms with van der Waals surface area (Å²) in [4.78, 5) is 0. The molecule has 3 aliphatic rings. The zero-order chi connectivity index (χ0) is 12.4. The molecule has 0 aromatic heterocycles. The van der Waals surface area contributed by atoms with Crippen molar-refractivity contribution >= 4 is 5.57 Å². The Kier molecular flexibility index (Phi) is 1.77. The van der Waals surface area contributed by atoms with Crippen LogP contribution in [0.4, 0.5) is 0 Å². The lowest BCUT2D eigenvalue weighted by Crippen LogP contribution is -2.29. The summed E-state index contributed by atoms with van der Waals surface area (Å²) < 4.78 is 0. The first-order valence-corrected chi connectivity index (χ1v) is 6.92. The largest absolute Gasteiger partial charge is 0.193 e. The molecule has 0 radical (unpaired) electrons. The van der Waals surface area contributed by atoms with E-state index in [9.17, 15) is 0 Å². The van der Waals surface area contributed by atoms with Crippen LogP contribution in [-0.4, -0.2) is 0 Å². The molecule has 4 rings (SSSR count). The van der Waals surface area contributed by atoms with Crippen molar-refractivity contribution < 1.29 is 0 Å². The van der Waals surface area contributed by atoms with E-state index in [0.29, 0.717) is 10.8 Å². The molecule has 1 nitrogen and oxygen atoms in total. The standard InChI is InChI=1S/C17H17N/c1-12-3-2-4-14-13(5-10-18)11-16(6-7-16)17(8-9-17)15(12)14/h2-5H,6-9,11H2,1H3/b13-5+. The topological polar surface area (TPSA) is 23.8 Å². The van der Waals surface area contributed by atoms with Gasteiger partial charge in [0.25, 0.3) is 0 Å². The minimum atomic E-state index is 0.487. The summed E-state index contributed by atoms with van der Waals surface area (Å²) in [5.74, 6) is 0. The molecule has 0 amide bonds. The Morgan fingerprint density at radius 2 is 2.00 bits per heavy atom. The third kappa shape index (κ3) is 1.07. The number of fused-ring (bicyclic) bond motifs is 3. The van der Waals surface area contributed by atoms with Crippen LogP contribution in [0.1, 0.15) is 48.8 Å². The van der Waals surface area contributed by atoms with Gasteiger partial charge in [0, 0.05) is 11.5 Å². The van der Waals surface area contributed by atoms with Crippen LogP contribution in [0.5, 0.6) is 0 Å². The highest BCUT2D eigenvalue weighted by molar-refractivity contribution is 5.77. The molecule has 0 saturated heterocycles. The quantitative estimate of drug-likeness (QED) is 0.621. The highest BCUT2D eigenvalue weighted by Gasteiger charge is 2.68. The van der Waals surface area contributed by atoms with Crippen molar-refractivity contribution in [3.8, 4) is 6.07 Å². The van der Waals surface area contributed by atoms with Gasteiger partial charge in [-0.15, -0.1) is 0 Å². The van der Waals surface area contributed by atoms with E-state index >= 15 is 0 Å². The molecule has 0 N–H and O–H groups in total. The van der Waals surface area contributed by atoms with Crippen LogP contribution in [0.2, 0.25) is 0 Å². The van der Waals surface area contributed by atoms with Crippen molar-refractivity contribution in [1.82, 2.24) is 0 Å². The van der Waals surface area contributed by atoms with Gasteiger partial charge in [-0.25, -0.2) is 0 Å². The van der Waals surface area contributed by atoms with Crippen molar-refractivity contribution in [2.45, 2.75) is 44.4 Å². The first-order chi connectivity index (χ1) is 8.72. The number of nitriles is 1. The maximum atomic E-state index is 9.02. The molecule has 0 unspecified atom stereocenters. The Morgan fingerprint density at radius 3 is 2.61 bits per heavy atom. The third-order valence-electron chi connectivity index (χ3n) is 5.48. The van der Waals surface area contributed by atoms with Gasteiger partial charge in [0.05, 0.1) is 6.07 Å². The number of allylic oxidation sites excluding steroid dienone is 2. The van der Waals surface area contributed by atoms with Crippen molar-refractivity contribution in [2.75, 3.05) is 0 Å². The monoisotopic (exact) mass is 235 g/mol. The van der Waals surface area contributed by atoms with Crippen LogP contribution in [0, 0.1) is 23.7 Å². The Balaban J connectivity index is 2.01. The van der Waals surface area contributed by atoms with E-state index in [0.717, 1.165) is 6.42 Å². The number of hydrogen-bond acceptors (Lipinski definition) is 1. The maximum Gasteiger partial charge on any atom is 0.0915 e. The Morgan fingerprint density at radius 1 is 1.22 bits per heavy atom. The number of nitrogens with zero attached hydrogens (tertiary/aromatic N) is 1. The van der Waals surface area contributed by atoms with Crippen molar-refractivity contribution in [2.24, 2.45) is 5.41 Å². The number of hydrogen-bond donors (Lipinski definition) is 0. The lowest BCUT2D eigenvalue weighted by atomic mass is 9.66. The zero-order valence-corrected chi connectivity index (χ0v) is 10.8. The third-order valence-corrected chi connectivity index (χ3v) is 5.48. The normalized spacial score (nSPS) is 27.0. The Labute approximate surface area is 108 Å². The lowest BCUT2D eigenvalue weighted by Gasteiger charge is -2.37. The van der Waals surface area contributed by atoms with Gasteiger partial charge in [-0.2, -0.15) is 5.26 Å². The van der Waals surface area contributed by atoms with Gasteiger partial charge in [0.2, 0.25) is 0 Å². The average molecular weight is 235 g/mol.